The van der Waals surface area contributed by atoms with Gasteiger partial charge in [0.1, 0.15) is 16.5 Å². The van der Waals surface area contributed by atoms with E-state index in [1.54, 1.807) is 6.07 Å². The van der Waals surface area contributed by atoms with Gasteiger partial charge in [-0.05, 0) is 37.3 Å². The molecule has 0 fully saturated rings. The summed E-state index contributed by atoms with van der Waals surface area (Å²) in [5, 5.41) is 12.1. The van der Waals surface area contributed by atoms with Crippen molar-refractivity contribution in [1.29, 1.82) is 0 Å². The number of aromatic amines is 1. The van der Waals surface area contributed by atoms with E-state index in [0.717, 1.165) is 5.56 Å². The molecule has 0 unspecified atom stereocenters. The normalized spacial score (nSPS) is 11.1. The van der Waals surface area contributed by atoms with Crippen LogP contribution in [0.3, 0.4) is 0 Å². The summed E-state index contributed by atoms with van der Waals surface area (Å²) in [5.41, 5.74) is 1.30. The molecule has 0 aliphatic heterocycles. The maximum Gasteiger partial charge on any atom is 0.216 e. The zero-order valence-electron chi connectivity index (χ0n) is 15.9. The molecule has 1 heterocycles. The molecule has 0 amide bonds. The van der Waals surface area contributed by atoms with Crippen LogP contribution in [-0.4, -0.2) is 41.9 Å². The summed E-state index contributed by atoms with van der Waals surface area (Å²) in [6.07, 6.45) is 1.54. The molecule has 0 saturated heterocycles. The monoisotopic (exact) mass is 452 g/mol. The lowest BCUT2D eigenvalue weighted by molar-refractivity contribution is 0.341. The molecule has 0 spiro atoms. The molecule has 0 aliphatic rings. The first kappa shape index (κ1) is 21.2. The zero-order valence-corrected chi connectivity index (χ0v) is 18.2. The quantitative estimate of drug-likeness (QED) is 0.393. The van der Waals surface area contributed by atoms with E-state index < -0.39 is 0 Å². The second-order valence-corrected chi connectivity index (χ2v) is 6.84. The maximum atomic E-state index is 6.34. The summed E-state index contributed by atoms with van der Waals surface area (Å²) < 4.78 is 18.1. The Hall–Kier alpha value is -2.55. The van der Waals surface area contributed by atoms with E-state index >= 15 is 0 Å². The lowest BCUT2D eigenvalue weighted by atomic mass is 10.2. The summed E-state index contributed by atoms with van der Waals surface area (Å²) in [6, 6.07) is 9.15. The molecule has 3 aromatic rings. The van der Waals surface area contributed by atoms with E-state index in [0.29, 0.717) is 45.0 Å². The molecule has 0 atom stereocenters. The van der Waals surface area contributed by atoms with Gasteiger partial charge in [0.15, 0.2) is 11.6 Å². The number of nitrogens with one attached hydrogen (secondary N) is 1. The van der Waals surface area contributed by atoms with Crippen molar-refractivity contribution in [1.82, 2.24) is 14.9 Å². The van der Waals surface area contributed by atoms with Crippen LogP contribution in [0.5, 0.6) is 17.2 Å². The Bertz CT molecular complexity index is 1110. The Morgan fingerprint density at radius 2 is 1.93 bits per heavy atom. The molecule has 0 aliphatic carbocycles. The van der Waals surface area contributed by atoms with Crippen molar-refractivity contribution in [3.8, 4) is 28.6 Å². The molecule has 3 rings (SSSR count). The van der Waals surface area contributed by atoms with Crippen LogP contribution in [0, 0.1) is 4.77 Å². The number of methoxy groups -OCH3 is 2. The Labute approximate surface area is 182 Å². The Kier molecular flexibility index (Phi) is 6.79. The standard InChI is InChI=1S/C19H18Cl2N4O3S/c1-4-28-14-8-6-5-7-12(14)18-23-24-19(29)25(18)22-10-11-9-13(20)17(27-3)15(21)16(11)26-2/h5-10H,4H2,1-3H3,(H,24,29)/b22-10-. The van der Waals surface area contributed by atoms with Crippen molar-refractivity contribution in [2.24, 2.45) is 5.10 Å². The molecule has 7 nitrogen and oxygen atoms in total. The number of ether oxygens (including phenoxy) is 3. The van der Waals surface area contributed by atoms with E-state index in [1.165, 1.54) is 25.1 Å². The number of H-pyrrole nitrogens is 1. The molecule has 152 valence electrons. The second kappa shape index (κ2) is 9.30. The van der Waals surface area contributed by atoms with Crippen LogP contribution >= 0.6 is 35.4 Å². The fourth-order valence-electron chi connectivity index (χ4n) is 2.72. The molecule has 1 N–H and O–H groups in total. The number of hydrogen-bond acceptors (Lipinski definition) is 6. The summed E-state index contributed by atoms with van der Waals surface area (Å²) in [7, 11) is 2.98. The second-order valence-electron chi connectivity index (χ2n) is 5.67. The van der Waals surface area contributed by atoms with Gasteiger partial charge in [-0.15, -0.1) is 0 Å². The smallest absolute Gasteiger partial charge is 0.216 e. The Morgan fingerprint density at radius 3 is 2.62 bits per heavy atom. The van der Waals surface area contributed by atoms with Crippen LogP contribution in [0.1, 0.15) is 12.5 Å². The fraction of sp³-hybridized carbons (Fsp3) is 0.211. The van der Waals surface area contributed by atoms with Gasteiger partial charge in [0, 0.05) is 5.56 Å². The summed E-state index contributed by atoms with van der Waals surface area (Å²) in [6.45, 7) is 2.43. The predicted octanol–water partition coefficient (Wildman–Crippen LogP) is 5.21. The van der Waals surface area contributed by atoms with Crippen molar-refractivity contribution in [2.45, 2.75) is 6.92 Å². The van der Waals surface area contributed by atoms with Crippen molar-refractivity contribution in [3.63, 3.8) is 0 Å². The first-order valence-corrected chi connectivity index (χ1v) is 9.72. The van der Waals surface area contributed by atoms with Gasteiger partial charge in [0.05, 0.1) is 37.6 Å². The molecule has 29 heavy (non-hydrogen) atoms. The molecule has 2 aromatic carbocycles. The summed E-state index contributed by atoms with van der Waals surface area (Å²) in [5.74, 6) is 1.88. The van der Waals surface area contributed by atoms with E-state index in [4.69, 9.17) is 49.6 Å². The molecule has 0 radical (unpaired) electrons. The highest BCUT2D eigenvalue weighted by Crippen LogP contribution is 2.41. The minimum absolute atomic E-state index is 0.252. The number of para-hydroxylation sites is 1. The molecular weight excluding hydrogens is 435 g/mol. The van der Waals surface area contributed by atoms with Crippen molar-refractivity contribution in [3.05, 3.63) is 50.7 Å². The topological polar surface area (TPSA) is 73.7 Å². The van der Waals surface area contributed by atoms with E-state index in [9.17, 15) is 0 Å². The Morgan fingerprint density at radius 1 is 1.21 bits per heavy atom. The largest absolute Gasteiger partial charge is 0.494 e. The van der Waals surface area contributed by atoms with Gasteiger partial charge in [0.2, 0.25) is 4.77 Å². The van der Waals surface area contributed by atoms with Crippen molar-refractivity contribution < 1.29 is 14.2 Å². The third kappa shape index (κ3) is 4.24. The molecule has 0 bridgehead atoms. The predicted molar refractivity (Wildman–Crippen MR) is 117 cm³/mol. The molecular formula is C19H18Cl2N4O3S. The van der Waals surface area contributed by atoms with E-state index in [1.807, 2.05) is 31.2 Å². The van der Waals surface area contributed by atoms with Gasteiger partial charge < -0.3 is 14.2 Å². The fourth-order valence-corrected chi connectivity index (χ4v) is 3.60. The van der Waals surface area contributed by atoms with Gasteiger partial charge in [-0.3, -0.25) is 0 Å². The number of halogens is 2. The average Bonchev–Trinajstić information content (AvgIpc) is 3.07. The first-order chi connectivity index (χ1) is 14.0. The van der Waals surface area contributed by atoms with Gasteiger partial charge in [-0.2, -0.15) is 14.9 Å². The van der Waals surface area contributed by atoms with E-state index in [-0.39, 0.29) is 5.02 Å². The first-order valence-electron chi connectivity index (χ1n) is 8.55. The van der Waals surface area contributed by atoms with Gasteiger partial charge in [-0.1, -0.05) is 35.3 Å². The number of aromatic nitrogens is 3. The lowest BCUT2D eigenvalue weighted by Gasteiger charge is -2.12. The van der Waals surface area contributed by atoms with Crippen LogP contribution in [0.2, 0.25) is 10.0 Å². The van der Waals surface area contributed by atoms with Crippen LogP contribution in [-0.2, 0) is 0 Å². The Balaban J connectivity index is 2.09. The van der Waals surface area contributed by atoms with Crippen LogP contribution in [0.4, 0.5) is 0 Å². The van der Waals surface area contributed by atoms with Crippen LogP contribution in [0.15, 0.2) is 35.4 Å². The van der Waals surface area contributed by atoms with Crippen LogP contribution < -0.4 is 14.2 Å². The van der Waals surface area contributed by atoms with E-state index in [2.05, 4.69) is 15.3 Å². The molecule has 0 saturated carbocycles. The number of benzene rings is 2. The van der Waals surface area contributed by atoms with Gasteiger partial charge >= 0.3 is 0 Å². The highest BCUT2D eigenvalue weighted by atomic mass is 35.5. The molecule has 10 heteroatoms. The zero-order chi connectivity index (χ0) is 21.0. The summed E-state index contributed by atoms with van der Waals surface area (Å²) >= 11 is 17.9. The van der Waals surface area contributed by atoms with Crippen molar-refractivity contribution in [2.75, 3.05) is 20.8 Å². The minimum Gasteiger partial charge on any atom is -0.494 e. The minimum atomic E-state index is 0.252. The van der Waals surface area contributed by atoms with Crippen LogP contribution in [0.25, 0.3) is 11.4 Å². The third-order valence-electron chi connectivity index (χ3n) is 3.96. The molecule has 1 aromatic heterocycles. The number of rotatable bonds is 7. The van der Waals surface area contributed by atoms with Gasteiger partial charge in [0.25, 0.3) is 0 Å². The van der Waals surface area contributed by atoms with Gasteiger partial charge in [-0.25, -0.2) is 5.10 Å². The number of hydrogen-bond donors (Lipinski definition) is 1. The maximum absolute atomic E-state index is 6.34. The SMILES string of the molecule is CCOc1ccccc1-c1n[nH]c(=S)n1/N=C\c1cc(Cl)c(OC)c(Cl)c1OC. The summed E-state index contributed by atoms with van der Waals surface area (Å²) in [4.78, 5) is 0. The highest BCUT2D eigenvalue weighted by Gasteiger charge is 2.17. The number of nitrogens with zero attached hydrogens (tertiary/aromatic N) is 3. The highest BCUT2D eigenvalue weighted by molar-refractivity contribution is 7.71. The third-order valence-corrected chi connectivity index (χ3v) is 4.85. The van der Waals surface area contributed by atoms with Crippen molar-refractivity contribution >= 4 is 41.6 Å². The average molecular weight is 453 g/mol. The lowest BCUT2D eigenvalue weighted by Crippen LogP contribution is -2.00.